The molecule has 2 heterocycles. The Labute approximate surface area is 144 Å². The summed E-state index contributed by atoms with van der Waals surface area (Å²) in [5.74, 6) is -0.165. The molecule has 0 N–H and O–H groups in total. The van der Waals surface area contributed by atoms with Crippen LogP contribution < -0.4 is 0 Å². The minimum Gasteiger partial charge on any atom is -0.463 e. The summed E-state index contributed by atoms with van der Waals surface area (Å²) in [6.07, 6.45) is 7.19. The van der Waals surface area contributed by atoms with Crippen LogP contribution in [-0.4, -0.2) is 29.6 Å². The van der Waals surface area contributed by atoms with Crippen LogP contribution in [0.1, 0.15) is 66.2 Å². The first-order valence-corrected chi connectivity index (χ1v) is 9.27. The molecule has 24 heavy (non-hydrogen) atoms. The van der Waals surface area contributed by atoms with E-state index < -0.39 is 11.2 Å². The predicted octanol–water partition coefficient (Wildman–Crippen LogP) is 3.58. The molecule has 0 amide bonds. The van der Waals surface area contributed by atoms with Gasteiger partial charge in [0.25, 0.3) is 0 Å². The van der Waals surface area contributed by atoms with E-state index in [0.717, 1.165) is 32.1 Å². The highest BCUT2D eigenvalue weighted by Gasteiger charge is 2.67. The van der Waals surface area contributed by atoms with Crippen molar-refractivity contribution in [2.75, 3.05) is 6.61 Å². The molecule has 2 aliphatic carbocycles. The average Bonchev–Trinajstić information content (AvgIpc) is 3.05. The van der Waals surface area contributed by atoms with E-state index in [1.165, 1.54) is 5.57 Å². The van der Waals surface area contributed by atoms with Crippen molar-refractivity contribution in [1.29, 1.82) is 0 Å². The summed E-state index contributed by atoms with van der Waals surface area (Å²) in [4.78, 5) is 24.6. The summed E-state index contributed by atoms with van der Waals surface area (Å²) in [5, 5.41) is 0. The zero-order valence-corrected chi connectivity index (χ0v) is 15.2. The van der Waals surface area contributed by atoms with Crippen LogP contribution in [0.25, 0.3) is 0 Å². The fourth-order valence-corrected chi connectivity index (χ4v) is 6.07. The van der Waals surface area contributed by atoms with E-state index in [9.17, 15) is 9.59 Å². The smallest absolute Gasteiger partial charge is 0.308 e. The molecule has 0 aromatic carbocycles. The molecule has 4 atom stereocenters. The van der Waals surface area contributed by atoms with Gasteiger partial charge in [-0.05, 0) is 37.2 Å². The van der Waals surface area contributed by atoms with Gasteiger partial charge in [-0.2, -0.15) is 0 Å². The second-order valence-corrected chi connectivity index (χ2v) is 9.26. The second kappa shape index (κ2) is 4.72. The maximum atomic E-state index is 12.9. The van der Waals surface area contributed by atoms with Gasteiger partial charge in [0.2, 0.25) is 0 Å². The van der Waals surface area contributed by atoms with Gasteiger partial charge < -0.3 is 9.47 Å². The van der Waals surface area contributed by atoms with Crippen molar-refractivity contribution in [2.24, 2.45) is 16.7 Å². The summed E-state index contributed by atoms with van der Waals surface area (Å²) >= 11 is 0. The molecule has 0 aromatic rings. The van der Waals surface area contributed by atoms with Crippen molar-refractivity contribution in [1.82, 2.24) is 0 Å². The number of rotatable bonds is 0. The number of carbonyl (C=O) groups excluding carboxylic acids is 2. The lowest BCUT2D eigenvalue weighted by Crippen LogP contribution is -2.60. The van der Waals surface area contributed by atoms with E-state index in [-0.39, 0.29) is 28.5 Å². The number of carbonyl (C=O) groups is 2. The van der Waals surface area contributed by atoms with Crippen LogP contribution in [0.15, 0.2) is 11.6 Å². The van der Waals surface area contributed by atoms with Gasteiger partial charge >= 0.3 is 5.97 Å². The largest absolute Gasteiger partial charge is 0.463 e. The number of fused-ring (bicyclic) bond motifs is 2. The van der Waals surface area contributed by atoms with Crippen LogP contribution in [-0.2, 0) is 19.1 Å². The van der Waals surface area contributed by atoms with E-state index >= 15 is 0 Å². The highest BCUT2D eigenvalue weighted by molar-refractivity contribution is 5.95. The van der Waals surface area contributed by atoms with E-state index in [2.05, 4.69) is 20.8 Å². The van der Waals surface area contributed by atoms with E-state index in [0.29, 0.717) is 13.0 Å². The van der Waals surface area contributed by atoms with E-state index in [4.69, 9.17) is 9.47 Å². The molecule has 0 radical (unpaired) electrons. The van der Waals surface area contributed by atoms with Gasteiger partial charge in [0, 0.05) is 11.3 Å². The number of ether oxygens (including phenoxy) is 2. The highest BCUT2D eigenvalue weighted by atomic mass is 16.6. The summed E-state index contributed by atoms with van der Waals surface area (Å²) in [6.45, 7) is 9.14. The Morgan fingerprint density at radius 2 is 1.83 bits per heavy atom. The van der Waals surface area contributed by atoms with Crippen LogP contribution in [0.5, 0.6) is 0 Å². The summed E-state index contributed by atoms with van der Waals surface area (Å²) in [6, 6.07) is 0. The molecule has 4 aliphatic rings. The number of allylic oxidation sites excluding steroid dienone is 1. The van der Waals surface area contributed by atoms with Crippen molar-refractivity contribution in [3.63, 3.8) is 0 Å². The number of esters is 1. The average molecular weight is 332 g/mol. The molecule has 2 spiro atoms. The van der Waals surface area contributed by atoms with Gasteiger partial charge in [-0.15, -0.1) is 0 Å². The second-order valence-electron chi connectivity index (χ2n) is 9.26. The SMILES string of the molecule is C[C@@H]1C(=O)C=C2C(C)(C)CCC[C@]2(C)[C@@]12CC[C@]1(COC(=O)C1)O2. The lowest BCUT2D eigenvalue weighted by Gasteiger charge is -2.59. The summed E-state index contributed by atoms with van der Waals surface area (Å²) in [7, 11) is 0. The third-order valence-corrected chi connectivity index (χ3v) is 7.46. The predicted molar refractivity (Wildman–Crippen MR) is 89.4 cm³/mol. The van der Waals surface area contributed by atoms with Crippen LogP contribution in [0.3, 0.4) is 0 Å². The maximum Gasteiger partial charge on any atom is 0.308 e. The van der Waals surface area contributed by atoms with Gasteiger partial charge in [-0.1, -0.05) is 39.7 Å². The first-order chi connectivity index (χ1) is 11.1. The molecular weight excluding hydrogens is 304 g/mol. The lowest BCUT2D eigenvalue weighted by molar-refractivity contribution is -0.192. The van der Waals surface area contributed by atoms with Crippen LogP contribution in [0.2, 0.25) is 0 Å². The van der Waals surface area contributed by atoms with Crippen molar-refractivity contribution < 1.29 is 19.1 Å². The fraction of sp³-hybridized carbons (Fsp3) is 0.800. The Bertz CT molecular complexity index is 648. The first-order valence-electron chi connectivity index (χ1n) is 9.27. The zero-order chi connectivity index (χ0) is 17.4. The molecule has 0 unspecified atom stereocenters. The Morgan fingerprint density at radius 3 is 2.50 bits per heavy atom. The number of hydrogen-bond acceptors (Lipinski definition) is 4. The highest BCUT2D eigenvalue weighted by Crippen LogP contribution is 2.65. The third-order valence-electron chi connectivity index (χ3n) is 7.46. The molecule has 4 rings (SSSR count). The van der Waals surface area contributed by atoms with Crippen molar-refractivity contribution in [3.05, 3.63) is 11.6 Å². The van der Waals surface area contributed by atoms with Gasteiger partial charge in [0.1, 0.15) is 12.2 Å². The Balaban J connectivity index is 1.82. The molecule has 4 heteroatoms. The number of cyclic esters (lactones) is 1. The maximum absolute atomic E-state index is 12.9. The molecule has 1 saturated carbocycles. The topological polar surface area (TPSA) is 52.6 Å². The van der Waals surface area contributed by atoms with Crippen molar-refractivity contribution >= 4 is 11.8 Å². The Hall–Kier alpha value is -1.16. The van der Waals surface area contributed by atoms with Crippen molar-refractivity contribution in [3.8, 4) is 0 Å². The van der Waals surface area contributed by atoms with E-state index in [1.54, 1.807) is 0 Å². The van der Waals surface area contributed by atoms with E-state index in [1.807, 2.05) is 13.0 Å². The Morgan fingerprint density at radius 1 is 1.08 bits per heavy atom. The molecule has 2 aliphatic heterocycles. The van der Waals surface area contributed by atoms with Gasteiger partial charge in [-0.25, -0.2) is 0 Å². The van der Waals surface area contributed by atoms with Gasteiger partial charge in [0.05, 0.1) is 12.0 Å². The van der Waals surface area contributed by atoms with Crippen LogP contribution >= 0.6 is 0 Å². The van der Waals surface area contributed by atoms with Crippen molar-refractivity contribution in [2.45, 2.75) is 77.4 Å². The standard InChI is InChI=1S/C20H28O4/c1-13-14(21)10-15-17(2,3)6-5-7-18(15,4)20(13)9-8-19(24-20)11-16(22)23-12-19/h10,13H,5-9,11-12H2,1-4H3/t13-,18+,19+,20-/m1/s1. The molecule has 0 bridgehead atoms. The van der Waals surface area contributed by atoms with Crippen LogP contribution in [0.4, 0.5) is 0 Å². The minimum absolute atomic E-state index is 0.0247. The van der Waals surface area contributed by atoms with Gasteiger partial charge in [0.15, 0.2) is 5.78 Å². The third kappa shape index (κ3) is 1.89. The molecular formula is C20H28O4. The molecule has 132 valence electrons. The number of ketones is 1. The Kier molecular flexibility index (Phi) is 3.21. The molecule has 0 aromatic heterocycles. The quantitative estimate of drug-likeness (QED) is 0.636. The summed E-state index contributed by atoms with van der Waals surface area (Å²) in [5.41, 5.74) is 0.124. The van der Waals surface area contributed by atoms with Crippen LogP contribution in [0, 0.1) is 16.7 Å². The molecule has 4 nitrogen and oxygen atoms in total. The minimum atomic E-state index is -0.515. The number of hydrogen-bond donors (Lipinski definition) is 0. The lowest BCUT2D eigenvalue weighted by atomic mass is 9.48. The first kappa shape index (κ1) is 16.3. The molecule has 3 fully saturated rings. The fourth-order valence-electron chi connectivity index (χ4n) is 6.07. The zero-order valence-electron chi connectivity index (χ0n) is 15.2. The van der Waals surface area contributed by atoms with Gasteiger partial charge in [-0.3, -0.25) is 9.59 Å². The summed E-state index contributed by atoms with van der Waals surface area (Å²) < 4.78 is 12.0. The molecule has 2 saturated heterocycles. The monoisotopic (exact) mass is 332 g/mol. The normalized spacial score (nSPS) is 47.0.